The highest BCUT2D eigenvalue weighted by atomic mass is 16.5. The lowest BCUT2D eigenvalue weighted by Crippen LogP contribution is -2.19. The van der Waals surface area contributed by atoms with Crippen molar-refractivity contribution in [3.05, 3.63) is 28.3 Å². The van der Waals surface area contributed by atoms with Gasteiger partial charge in [0.1, 0.15) is 5.75 Å². The van der Waals surface area contributed by atoms with Crippen LogP contribution in [0.25, 0.3) is 0 Å². The predicted molar refractivity (Wildman–Crippen MR) is 75.5 cm³/mol. The highest BCUT2D eigenvalue weighted by molar-refractivity contribution is 5.49. The highest BCUT2D eigenvalue weighted by Crippen LogP contribution is 2.28. The van der Waals surface area contributed by atoms with E-state index >= 15 is 0 Å². The van der Waals surface area contributed by atoms with Crippen LogP contribution < -0.4 is 10.1 Å². The number of ether oxygens (including phenoxy) is 1. The summed E-state index contributed by atoms with van der Waals surface area (Å²) in [5.74, 6) is 1.00. The van der Waals surface area contributed by atoms with Gasteiger partial charge in [-0.25, -0.2) is 0 Å². The average molecular weight is 251 g/mol. The average Bonchev–Trinajstić information content (AvgIpc) is 2.35. The number of hydrogen-bond donors (Lipinski definition) is 2. The van der Waals surface area contributed by atoms with Crippen molar-refractivity contribution < 1.29 is 9.84 Å². The van der Waals surface area contributed by atoms with Gasteiger partial charge >= 0.3 is 0 Å². The second-order valence-corrected chi connectivity index (χ2v) is 4.71. The molecule has 0 unspecified atom stereocenters. The van der Waals surface area contributed by atoms with Gasteiger partial charge in [0.2, 0.25) is 0 Å². The van der Waals surface area contributed by atoms with Crippen LogP contribution in [0.5, 0.6) is 5.75 Å². The van der Waals surface area contributed by atoms with Gasteiger partial charge in [-0.05, 0) is 69.0 Å². The zero-order chi connectivity index (χ0) is 13.5. The molecule has 0 atom stereocenters. The van der Waals surface area contributed by atoms with Crippen molar-refractivity contribution in [1.29, 1.82) is 0 Å². The van der Waals surface area contributed by atoms with E-state index in [0.29, 0.717) is 0 Å². The monoisotopic (exact) mass is 251 g/mol. The number of methoxy groups -OCH3 is 1. The maximum absolute atomic E-state index is 8.70. The largest absolute Gasteiger partial charge is 0.496 e. The zero-order valence-corrected chi connectivity index (χ0v) is 12.0. The second-order valence-electron chi connectivity index (χ2n) is 4.71. The number of nitrogens with one attached hydrogen (secondary N) is 1. The molecule has 3 heteroatoms. The summed E-state index contributed by atoms with van der Waals surface area (Å²) in [4.78, 5) is 0. The molecular weight excluding hydrogens is 226 g/mol. The van der Waals surface area contributed by atoms with Gasteiger partial charge in [-0.15, -0.1) is 0 Å². The van der Waals surface area contributed by atoms with Crippen molar-refractivity contribution in [3.63, 3.8) is 0 Å². The lowest BCUT2D eigenvalue weighted by molar-refractivity contribution is 0.286. The normalized spacial score (nSPS) is 10.7. The number of aliphatic hydroxyl groups excluding tert-OH is 1. The first-order chi connectivity index (χ1) is 8.61. The van der Waals surface area contributed by atoms with Crippen LogP contribution in [0.4, 0.5) is 0 Å². The summed E-state index contributed by atoms with van der Waals surface area (Å²) < 4.78 is 5.43. The van der Waals surface area contributed by atoms with E-state index in [-0.39, 0.29) is 6.61 Å². The molecule has 0 radical (unpaired) electrons. The Bertz CT molecular complexity index is 389. The lowest BCUT2D eigenvalue weighted by atomic mass is 9.96. The Kier molecular flexibility index (Phi) is 6.16. The van der Waals surface area contributed by atoms with Crippen LogP contribution in [0.15, 0.2) is 6.07 Å². The van der Waals surface area contributed by atoms with Gasteiger partial charge in [0.15, 0.2) is 0 Å². The molecule has 0 saturated heterocycles. The summed E-state index contributed by atoms with van der Waals surface area (Å²) in [7, 11) is 1.73. The summed E-state index contributed by atoms with van der Waals surface area (Å²) in [6, 6.07) is 2.22. The van der Waals surface area contributed by atoms with Gasteiger partial charge in [0, 0.05) is 6.61 Å². The van der Waals surface area contributed by atoms with Crippen LogP contribution in [-0.2, 0) is 6.42 Å². The Morgan fingerprint density at radius 2 is 1.89 bits per heavy atom. The Morgan fingerprint density at radius 1 is 1.17 bits per heavy atom. The molecule has 0 bridgehead atoms. The molecule has 18 heavy (non-hydrogen) atoms. The van der Waals surface area contributed by atoms with Crippen LogP contribution in [0, 0.1) is 20.8 Å². The first-order valence-corrected chi connectivity index (χ1v) is 6.57. The van der Waals surface area contributed by atoms with E-state index in [9.17, 15) is 0 Å². The van der Waals surface area contributed by atoms with Gasteiger partial charge < -0.3 is 15.2 Å². The van der Waals surface area contributed by atoms with Crippen molar-refractivity contribution in [3.8, 4) is 5.75 Å². The lowest BCUT2D eigenvalue weighted by Gasteiger charge is -2.15. The van der Waals surface area contributed by atoms with Crippen LogP contribution in [0.1, 0.15) is 28.7 Å². The van der Waals surface area contributed by atoms with E-state index in [2.05, 4.69) is 32.2 Å². The Hall–Kier alpha value is -1.06. The first-order valence-electron chi connectivity index (χ1n) is 6.57. The Labute approximate surface area is 110 Å². The van der Waals surface area contributed by atoms with Gasteiger partial charge in [0.25, 0.3) is 0 Å². The van der Waals surface area contributed by atoms with Crippen molar-refractivity contribution in [1.82, 2.24) is 5.32 Å². The number of aliphatic hydroxyl groups is 1. The SMILES string of the molecule is COc1c(C)cc(CCNCCCO)c(C)c1C. The number of aryl methyl sites for hydroxylation is 1. The molecule has 3 nitrogen and oxygen atoms in total. The van der Waals surface area contributed by atoms with Crippen LogP contribution >= 0.6 is 0 Å². The second kappa shape index (κ2) is 7.39. The molecule has 102 valence electrons. The molecule has 2 N–H and O–H groups in total. The molecule has 0 spiro atoms. The van der Waals surface area contributed by atoms with E-state index < -0.39 is 0 Å². The van der Waals surface area contributed by atoms with Crippen LogP contribution in [0.3, 0.4) is 0 Å². The summed E-state index contributed by atoms with van der Waals surface area (Å²) in [5, 5.41) is 12.0. The minimum Gasteiger partial charge on any atom is -0.496 e. The molecule has 0 saturated carbocycles. The molecule has 0 aliphatic rings. The minimum absolute atomic E-state index is 0.257. The van der Waals surface area contributed by atoms with Crippen molar-refractivity contribution in [2.75, 3.05) is 26.8 Å². The predicted octanol–water partition coefficient (Wildman–Crippen LogP) is 2.13. The van der Waals surface area contributed by atoms with Crippen molar-refractivity contribution >= 4 is 0 Å². The van der Waals surface area contributed by atoms with Crippen molar-refractivity contribution in [2.24, 2.45) is 0 Å². The van der Waals surface area contributed by atoms with Gasteiger partial charge in [-0.1, -0.05) is 6.07 Å². The maximum Gasteiger partial charge on any atom is 0.124 e. The summed E-state index contributed by atoms with van der Waals surface area (Å²) in [6.45, 7) is 8.45. The third-order valence-electron chi connectivity index (χ3n) is 3.42. The third kappa shape index (κ3) is 3.72. The number of benzene rings is 1. The van der Waals surface area contributed by atoms with Crippen LogP contribution in [-0.4, -0.2) is 31.9 Å². The molecule has 0 fully saturated rings. The highest BCUT2D eigenvalue weighted by Gasteiger charge is 2.10. The molecule has 0 aliphatic heterocycles. The topological polar surface area (TPSA) is 41.5 Å². The first kappa shape index (κ1) is 15.0. The molecule has 0 aliphatic carbocycles. The Morgan fingerprint density at radius 3 is 2.50 bits per heavy atom. The van der Waals surface area contributed by atoms with E-state index in [1.54, 1.807) is 7.11 Å². The Balaban J connectivity index is 2.66. The van der Waals surface area contributed by atoms with Crippen molar-refractivity contribution in [2.45, 2.75) is 33.6 Å². The number of rotatable bonds is 7. The summed E-state index contributed by atoms with van der Waals surface area (Å²) >= 11 is 0. The fourth-order valence-electron chi connectivity index (χ4n) is 2.27. The molecule has 1 aromatic carbocycles. The fourth-order valence-corrected chi connectivity index (χ4v) is 2.27. The molecule has 0 heterocycles. The van der Waals surface area contributed by atoms with Gasteiger partial charge in [-0.2, -0.15) is 0 Å². The number of hydrogen-bond acceptors (Lipinski definition) is 3. The van der Waals surface area contributed by atoms with E-state index in [1.807, 2.05) is 0 Å². The fraction of sp³-hybridized carbons (Fsp3) is 0.600. The van der Waals surface area contributed by atoms with E-state index in [4.69, 9.17) is 9.84 Å². The summed E-state index contributed by atoms with van der Waals surface area (Å²) in [5.41, 5.74) is 5.14. The smallest absolute Gasteiger partial charge is 0.124 e. The molecule has 1 aromatic rings. The van der Waals surface area contributed by atoms with Gasteiger partial charge in [-0.3, -0.25) is 0 Å². The molecule has 0 amide bonds. The maximum atomic E-state index is 8.70. The van der Waals surface area contributed by atoms with E-state index in [1.165, 1.54) is 22.3 Å². The van der Waals surface area contributed by atoms with Crippen LogP contribution in [0.2, 0.25) is 0 Å². The van der Waals surface area contributed by atoms with E-state index in [0.717, 1.165) is 31.7 Å². The molecule has 0 aromatic heterocycles. The zero-order valence-electron chi connectivity index (χ0n) is 12.0. The molecule has 1 rings (SSSR count). The molecular formula is C15H25NO2. The minimum atomic E-state index is 0.257. The standard InChI is InChI=1S/C15H25NO2/c1-11-10-14(6-8-16-7-5-9-17)12(2)13(3)15(11)18-4/h10,16-17H,5-9H2,1-4H3. The summed E-state index contributed by atoms with van der Waals surface area (Å²) in [6.07, 6.45) is 1.84. The third-order valence-corrected chi connectivity index (χ3v) is 3.42. The van der Waals surface area contributed by atoms with Gasteiger partial charge in [0.05, 0.1) is 7.11 Å². The quantitative estimate of drug-likeness (QED) is 0.730.